The summed E-state index contributed by atoms with van der Waals surface area (Å²) in [4.78, 5) is 2.10. The molecule has 0 saturated heterocycles. The molecule has 0 saturated carbocycles. The first-order valence-corrected chi connectivity index (χ1v) is 4.76. The second-order valence-corrected chi connectivity index (χ2v) is 3.41. The first kappa shape index (κ1) is 10.4. The van der Waals surface area contributed by atoms with Gasteiger partial charge in [0.05, 0.1) is 10.7 Å². The molecule has 3 heteroatoms. The monoisotopic (exact) mass is 198 g/mol. The maximum Gasteiger partial charge on any atom is 0.0642 e. The molecule has 0 bridgehead atoms. The van der Waals surface area contributed by atoms with Crippen molar-refractivity contribution in [2.45, 2.75) is 13.5 Å². The Hall–Kier alpha value is -0.730. The highest BCUT2D eigenvalue weighted by Crippen LogP contribution is 2.25. The predicted molar refractivity (Wildman–Crippen MR) is 58.3 cm³/mol. The van der Waals surface area contributed by atoms with E-state index in [1.165, 1.54) is 0 Å². The first-order chi connectivity index (χ1) is 6.19. The highest BCUT2D eigenvalue weighted by molar-refractivity contribution is 6.33. The van der Waals surface area contributed by atoms with E-state index >= 15 is 0 Å². The summed E-state index contributed by atoms with van der Waals surface area (Å²) in [5.74, 6) is 0. The lowest BCUT2D eigenvalue weighted by Gasteiger charge is -2.18. The topological polar surface area (TPSA) is 29.3 Å². The second-order valence-electron chi connectivity index (χ2n) is 3.00. The molecule has 1 aromatic rings. The Labute approximate surface area is 84.3 Å². The van der Waals surface area contributed by atoms with Gasteiger partial charge in [0, 0.05) is 20.1 Å². The van der Waals surface area contributed by atoms with Gasteiger partial charge >= 0.3 is 0 Å². The van der Waals surface area contributed by atoms with Crippen molar-refractivity contribution in [1.29, 1.82) is 0 Å². The largest absolute Gasteiger partial charge is 0.374 e. The third-order valence-corrected chi connectivity index (χ3v) is 2.44. The number of halogens is 1. The quantitative estimate of drug-likeness (QED) is 0.808. The molecular formula is C10H15ClN2. The molecule has 1 rings (SSSR count). The van der Waals surface area contributed by atoms with E-state index in [0.717, 1.165) is 22.8 Å². The average molecular weight is 199 g/mol. The van der Waals surface area contributed by atoms with Gasteiger partial charge in [-0.25, -0.2) is 0 Å². The number of rotatable bonds is 3. The van der Waals surface area contributed by atoms with Crippen molar-refractivity contribution < 1.29 is 0 Å². The zero-order chi connectivity index (χ0) is 9.84. The summed E-state index contributed by atoms with van der Waals surface area (Å²) in [5, 5.41) is 0.771. The summed E-state index contributed by atoms with van der Waals surface area (Å²) in [6.45, 7) is 3.57. The van der Waals surface area contributed by atoms with Gasteiger partial charge in [-0.2, -0.15) is 0 Å². The standard InChI is InChI=1S/C10H15ClN2/c1-3-13(2)10-5-4-8(7-12)6-9(10)11/h4-6H,3,7,12H2,1-2H3. The van der Waals surface area contributed by atoms with Crippen molar-refractivity contribution >= 4 is 17.3 Å². The van der Waals surface area contributed by atoms with Crippen LogP contribution in [0, 0.1) is 0 Å². The Morgan fingerprint density at radius 2 is 2.15 bits per heavy atom. The molecule has 0 heterocycles. The lowest BCUT2D eigenvalue weighted by atomic mass is 10.2. The number of nitrogens with zero attached hydrogens (tertiary/aromatic N) is 1. The van der Waals surface area contributed by atoms with E-state index in [1.807, 2.05) is 25.2 Å². The molecule has 0 aliphatic heterocycles. The smallest absolute Gasteiger partial charge is 0.0642 e. The fraction of sp³-hybridized carbons (Fsp3) is 0.400. The molecule has 72 valence electrons. The molecule has 0 aliphatic carbocycles. The molecular weight excluding hydrogens is 184 g/mol. The zero-order valence-electron chi connectivity index (χ0n) is 8.05. The maximum atomic E-state index is 6.08. The molecule has 0 unspecified atom stereocenters. The van der Waals surface area contributed by atoms with Crippen LogP contribution >= 0.6 is 11.6 Å². The number of nitrogens with two attached hydrogens (primary N) is 1. The van der Waals surface area contributed by atoms with E-state index in [9.17, 15) is 0 Å². The van der Waals surface area contributed by atoms with Gasteiger partial charge in [0.2, 0.25) is 0 Å². The minimum Gasteiger partial charge on any atom is -0.374 e. The van der Waals surface area contributed by atoms with Crippen LogP contribution in [-0.2, 0) is 6.54 Å². The Morgan fingerprint density at radius 1 is 1.46 bits per heavy atom. The summed E-state index contributed by atoms with van der Waals surface area (Å²) >= 11 is 6.08. The van der Waals surface area contributed by atoms with E-state index in [1.54, 1.807) is 0 Å². The zero-order valence-corrected chi connectivity index (χ0v) is 8.80. The Balaban J connectivity index is 2.98. The van der Waals surface area contributed by atoms with Crippen molar-refractivity contribution in [3.05, 3.63) is 28.8 Å². The van der Waals surface area contributed by atoms with Gasteiger partial charge in [0.15, 0.2) is 0 Å². The van der Waals surface area contributed by atoms with Crippen LogP contribution in [0.3, 0.4) is 0 Å². The van der Waals surface area contributed by atoms with E-state index in [4.69, 9.17) is 17.3 Å². The molecule has 0 amide bonds. The van der Waals surface area contributed by atoms with E-state index in [-0.39, 0.29) is 0 Å². The Bertz CT molecular complexity index is 286. The fourth-order valence-corrected chi connectivity index (χ4v) is 1.50. The fourth-order valence-electron chi connectivity index (χ4n) is 1.16. The molecule has 0 fully saturated rings. The van der Waals surface area contributed by atoms with Crippen LogP contribution in [0.1, 0.15) is 12.5 Å². The number of anilines is 1. The molecule has 0 atom stereocenters. The van der Waals surface area contributed by atoms with Gasteiger partial charge in [0.1, 0.15) is 0 Å². The summed E-state index contributed by atoms with van der Waals surface area (Å²) in [5.41, 5.74) is 7.63. The summed E-state index contributed by atoms with van der Waals surface area (Å²) < 4.78 is 0. The van der Waals surface area contributed by atoms with Crippen LogP contribution in [0.15, 0.2) is 18.2 Å². The third-order valence-electron chi connectivity index (χ3n) is 2.13. The molecule has 0 spiro atoms. The molecule has 13 heavy (non-hydrogen) atoms. The van der Waals surface area contributed by atoms with Crippen molar-refractivity contribution in [3.63, 3.8) is 0 Å². The minimum absolute atomic E-state index is 0.538. The molecule has 2 N–H and O–H groups in total. The van der Waals surface area contributed by atoms with Crippen LogP contribution in [-0.4, -0.2) is 13.6 Å². The highest BCUT2D eigenvalue weighted by Gasteiger charge is 2.04. The highest BCUT2D eigenvalue weighted by atomic mass is 35.5. The first-order valence-electron chi connectivity index (χ1n) is 4.38. The van der Waals surface area contributed by atoms with Gasteiger partial charge in [-0.1, -0.05) is 17.7 Å². The van der Waals surface area contributed by atoms with Crippen LogP contribution in [0.4, 0.5) is 5.69 Å². The molecule has 0 radical (unpaired) electrons. The van der Waals surface area contributed by atoms with Gasteiger partial charge in [-0.3, -0.25) is 0 Å². The van der Waals surface area contributed by atoms with Crippen molar-refractivity contribution in [2.24, 2.45) is 5.73 Å². The van der Waals surface area contributed by atoms with Crippen molar-refractivity contribution in [2.75, 3.05) is 18.5 Å². The number of hydrogen-bond donors (Lipinski definition) is 1. The Kier molecular flexibility index (Phi) is 3.58. The van der Waals surface area contributed by atoms with E-state index in [2.05, 4.69) is 11.8 Å². The summed E-state index contributed by atoms with van der Waals surface area (Å²) in [6, 6.07) is 5.93. The van der Waals surface area contributed by atoms with Crippen molar-refractivity contribution in [3.8, 4) is 0 Å². The van der Waals surface area contributed by atoms with Crippen LogP contribution < -0.4 is 10.6 Å². The normalized spacial score (nSPS) is 10.2. The molecule has 0 aliphatic rings. The van der Waals surface area contributed by atoms with Crippen molar-refractivity contribution in [1.82, 2.24) is 0 Å². The SMILES string of the molecule is CCN(C)c1ccc(CN)cc1Cl. The van der Waals surface area contributed by atoms with Gasteiger partial charge in [-0.05, 0) is 24.6 Å². The molecule has 2 nitrogen and oxygen atoms in total. The van der Waals surface area contributed by atoms with E-state index < -0.39 is 0 Å². The minimum atomic E-state index is 0.538. The van der Waals surface area contributed by atoms with Crippen LogP contribution in [0.5, 0.6) is 0 Å². The number of hydrogen-bond acceptors (Lipinski definition) is 2. The predicted octanol–water partition coefficient (Wildman–Crippen LogP) is 2.25. The summed E-state index contributed by atoms with van der Waals surface area (Å²) in [6.07, 6.45) is 0. The second kappa shape index (κ2) is 4.49. The van der Waals surface area contributed by atoms with Gasteiger partial charge in [0.25, 0.3) is 0 Å². The Morgan fingerprint density at radius 3 is 2.62 bits per heavy atom. The maximum absolute atomic E-state index is 6.08. The van der Waals surface area contributed by atoms with Gasteiger partial charge < -0.3 is 10.6 Å². The summed E-state index contributed by atoms with van der Waals surface area (Å²) in [7, 11) is 2.02. The third kappa shape index (κ3) is 2.36. The number of benzene rings is 1. The lowest BCUT2D eigenvalue weighted by molar-refractivity contribution is 0.965. The molecule has 0 aromatic heterocycles. The lowest BCUT2D eigenvalue weighted by Crippen LogP contribution is -2.16. The van der Waals surface area contributed by atoms with Crippen LogP contribution in [0.2, 0.25) is 5.02 Å². The molecule has 1 aromatic carbocycles. The van der Waals surface area contributed by atoms with E-state index in [0.29, 0.717) is 6.54 Å². The van der Waals surface area contributed by atoms with Crippen LogP contribution in [0.25, 0.3) is 0 Å². The average Bonchev–Trinajstić information content (AvgIpc) is 2.16. The van der Waals surface area contributed by atoms with Gasteiger partial charge in [-0.15, -0.1) is 0 Å².